The van der Waals surface area contributed by atoms with Crippen molar-refractivity contribution in [2.24, 2.45) is 0 Å². The number of phenolic OH excluding ortho intramolecular Hbond substituents is 4. The zero-order valence-corrected chi connectivity index (χ0v) is 23.6. The Morgan fingerprint density at radius 3 is 1.27 bits per heavy atom. The molecule has 0 saturated carbocycles. The van der Waals surface area contributed by atoms with Gasteiger partial charge in [0.05, 0.1) is 10.0 Å². The average molecular weight is 577 g/mol. The number of rotatable bonds is 0. The molecule has 2 aliphatic carbocycles. The Morgan fingerprint density at radius 2 is 0.875 bits per heavy atom. The molecule has 6 rings (SSSR count). The molecule has 0 unspecified atom stereocenters. The van der Waals surface area contributed by atoms with Crippen LogP contribution in [0.25, 0.3) is 0 Å². The molecular weight excluding hydrogens is 551 g/mol. The van der Waals surface area contributed by atoms with Gasteiger partial charge in [-0.05, 0) is 82.9 Å². The Balaban J connectivity index is 0.000000162. The standard InChI is InChI=1S/C16H12Cl2O3.C16H14O3/c1-16(2)11-7(3-5-9(19)13(11)17)15(21)8-4-6-10(20)14(18)12(8)16;1-16(2)13-7-9(17)3-5-11(13)15(19)12-6-4-10(18)8-14(12)16/h3-6,19-20H,1-2H3;3-8,17-18H,1-2H3. The molecule has 6 nitrogen and oxygen atoms in total. The number of benzene rings is 4. The highest BCUT2D eigenvalue weighted by Gasteiger charge is 2.41. The third-order valence-electron chi connectivity index (χ3n) is 7.82. The first-order valence-corrected chi connectivity index (χ1v) is 13.2. The van der Waals surface area contributed by atoms with Gasteiger partial charge in [0, 0.05) is 33.1 Å². The van der Waals surface area contributed by atoms with Crippen LogP contribution in [0.1, 0.15) is 81.8 Å². The molecule has 4 aromatic carbocycles. The summed E-state index contributed by atoms with van der Waals surface area (Å²) in [5, 5.41) is 39.2. The van der Waals surface area contributed by atoms with Crippen molar-refractivity contribution in [3.8, 4) is 23.0 Å². The van der Waals surface area contributed by atoms with E-state index < -0.39 is 10.8 Å². The van der Waals surface area contributed by atoms with Crippen molar-refractivity contribution >= 4 is 34.8 Å². The maximum absolute atomic E-state index is 12.6. The molecule has 0 spiro atoms. The smallest absolute Gasteiger partial charge is 0.193 e. The summed E-state index contributed by atoms with van der Waals surface area (Å²) in [5.74, 6) is -0.175. The maximum atomic E-state index is 12.6. The lowest BCUT2D eigenvalue weighted by Crippen LogP contribution is -2.31. The summed E-state index contributed by atoms with van der Waals surface area (Å²) in [5.41, 5.74) is 3.57. The second kappa shape index (κ2) is 9.29. The number of ketones is 2. The van der Waals surface area contributed by atoms with Crippen molar-refractivity contribution in [1.29, 1.82) is 0 Å². The summed E-state index contributed by atoms with van der Waals surface area (Å²) in [6, 6.07) is 15.5. The molecule has 0 radical (unpaired) electrons. The quantitative estimate of drug-likeness (QED) is 0.175. The molecule has 0 amide bonds. The molecule has 0 fully saturated rings. The predicted molar refractivity (Wildman–Crippen MR) is 154 cm³/mol. The molecule has 0 bridgehead atoms. The number of phenols is 4. The van der Waals surface area contributed by atoms with Crippen LogP contribution in [0.15, 0.2) is 60.7 Å². The topological polar surface area (TPSA) is 115 Å². The third kappa shape index (κ3) is 4.02. The summed E-state index contributed by atoms with van der Waals surface area (Å²) in [4.78, 5) is 25.1. The molecule has 8 heteroatoms. The lowest BCUT2D eigenvalue weighted by molar-refractivity contribution is 0.102. The normalized spacial score (nSPS) is 15.7. The van der Waals surface area contributed by atoms with Gasteiger partial charge in [0.1, 0.15) is 23.0 Å². The van der Waals surface area contributed by atoms with Gasteiger partial charge in [0.15, 0.2) is 11.6 Å². The first-order chi connectivity index (χ1) is 18.7. The van der Waals surface area contributed by atoms with E-state index in [9.17, 15) is 30.0 Å². The number of hydrogen-bond donors (Lipinski definition) is 4. The van der Waals surface area contributed by atoms with Gasteiger partial charge in [0.25, 0.3) is 0 Å². The number of fused-ring (bicyclic) bond motifs is 4. The monoisotopic (exact) mass is 576 g/mol. The van der Waals surface area contributed by atoms with E-state index in [0.717, 1.165) is 11.1 Å². The molecule has 0 heterocycles. The van der Waals surface area contributed by atoms with E-state index in [1.54, 1.807) is 36.4 Å². The van der Waals surface area contributed by atoms with E-state index in [2.05, 4.69) is 0 Å². The minimum Gasteiger partial charge on any atom is -0.508 e. The fourth-order valence-corrected chi connectivity index (χ4v) is 6.59. The molecule has 204 valence electrons. The van der Waals surface area contributed by atoms with Crippen LogP contribution in [0.4, 0.5) is 0 Å². The molecule has 0 aliphatic heterocycles. The molecule has 4 aromatic rings. The lowest BCUT2D eigenvalue weighted by Gasteiger charge is -2.35. The molecule has 0 saturated heterocycles. The Kier molecular flexibility index (Phi) is 6.40. The van der Waals surface area contributed by atoms with Crippen LogP contribution in [0.5, 0.6) is 23.0 Å². The van der Waals surface area contributed by atoms with Gasteiger partial charge in [-0.3, -0.25) is 9.59 Å². The average Bonchev–Trinajstić information content (AvgIpc) is 2.89. The largest absolute Gasteiger partial charge is 0.508 e. The summed E-state index contributed by atoms with van der Waals surface area (Å²) in [6.07, 6.45) is 0. The van der Waals surface area contributed by atoms with Crippen LogP contribution in [-0.2, 0) is 10.8 Å². The third-order valence-corrected chi connectivity index (χ3v) is 8.59. The summed E-state index contributed by atoms with van der Waals surface area (Å²) in [7, 11) is 0. The molecule has 4 N–H and O–H groups in total. The van der Waals surface area contributed by atoms with Crippen LogP contribution < -0.4 is 0 Å². The van der Waals surface area contributed by atoms with Gasteiger partial charge in [-0.25, -0.2) is 0 Å². The van der Waals surface area contributed by atoms with Gasteiger partial charge in [-0.2, -0.15) is 0 Å². The fraction of sp³-hybridized carbons (Fsp3) is 0.188. The van der Waals surface area contributed by atoms with Gasteiger partial charge < -0.3 is 20.4 Å². The molecule has 40 heavy (non-hydrogen) atoms. The van der Waals surface area contributed by atoms with Crippen molar-refractivity contribution in [3.05, 3.63) is 115 Å². The summed E-state index contributed by atoms with van der Waals surface area (Å²) < 4.78 is 0. The number of hydrogen-bond acceptors (Lipinski definition) is 6. The van der Waals surface area contributed by atoms with Crippen molar-refractivity contribution in [1.82, 2.24) is 0 Å². The predicted octanol–water partition coefficient (Wildman–Crippen LogP) is 7.24. The Hall–Kier alpha value is -4.00. The van der Waals surface area contributed by atoms with E-state index >= 15 is 0 Å². The van der Waals surface area contributed by atoms with Gasteiger partial charge in [0.2, 0.25) is 0 Å². The highest BCUT2D eigenvalue weighted by atomic mass is 35.5. The lowest BCUT2D eigenvalue weighted by atomic mass is 9.68. The highest BCUT2D eigenvalue weighted by Crippen LogP contribution is 2.50. The second-order valence-corrected chi connectivity index (χ2v) is 11.8. The van der Waals surface area contributed by atoms with Gasteiger partial charge in [-0.15, -0.1) is 0 Å². The minimum absolute atomic E-state index is 0.0654. The van der Waals surface area contributed by atoms with Crippen LogP contribution in [0.3, 0.4) is 0 Å². The Bertz CT molecular complexity index is 1630. The van der Waals surface area contributed by atoms with Crippen LogP contribution in [0, 0.1) is 0 Å². The number of carbonyl (C=O) groups is 2. The number of halogens is 2. The molecule has 0 atom stereocenters. The fourth-order valence-electron chi connectivity index (χ4n) is 5.79. The molecule has 2 aliphatic rings. The SMILES string of the molecule is CC1(C)c2c(ccc(O)c2Cl)C(=O)c2ccc(O)c(Cl)c21.CC1(C)c2cc(O)ccc2C(=O)c2ccc(O)cc21. The van der Waals surface area contributed by atoms with Gasteiger partial charge in [-0.1, -0.05) is 50.9 Å². The molecular formula is C32H26Cl2O6. The Labute approximate surface area is 241 Å². The van der Waals surface area contributed by atoms with Gasteiger partial charge >= 0.3 is 0 Å². The summed E-state index contributed by atoms with van der Waals surface area (Å²) >= 11 is 12.4. The van der Waals surface area contributed by atoms with Crippen molar-refractivity contribution in [3.63, 3.8) is 0 Å². The summed E-state index contributed by atoms with van der Waals surface area (Å²) in [6.45, 7) is 7.67. The number of carbonyl (C=O) groups excluding carboxylic acids is 2. The Morgan fingerprint density at radius 1 is 0.525 bits per heavy atom. The van der Waals surface area contributed by atoms with Crippen LogP contribution >= 0.6 is 23.2 Å². The zero-order chi connectivity index (χ0) is 29.3. The van der Waals surface area contributed by atoms with E-state index in [-0.39, 0.29) is 44.6 Å². The second-order valence-electron chi connectivity index (χ2n) is 11.0. The zero-order valence-electron chi connectivity index (χ0n) is 22.1. The first kappa shape index (κ1) is 27.6. The molecule has 0 aromatic heterocycles. The highest BCUT2D eigenvalue weighted by molar-refractivity contribution is 6.36. The van der Waals surface area contributed by atoms with E-state index in [4.69, 9.17) is 23.2 Å². The van der Waals surface area contributed by atoms with E-state index in [0.29, 0.717) is 33.4 Å². The van der Waals surface area contributed by atoms with Crippen LogP contribution in [-0.4, -0.2) is 32.0 Å². The maximum Gasteiger partial charge on any atom is 0.193 e. The van der Waals surface area contributed by atoms with E-state index in [1.807, 2.05) is 27.7 Å². The minimum atomic E-state index is -0.718. The van der Waals surface area contributed by atoms with Crippen molar-refractivity contribution < 1.29 is 30.0 Å². The van der Waals surface area contributed by atoms with Crippen LogP contribution in [0.2, 0.25) is 10.0 Å². The number of aromatic hydroxyl groups is 4. The van der Waals surface area contributed by atoms with E-state index in [1.165, 1.54) is 24.3 Å². The van der Waals surface area contributed by atoms with Crippen molar-refractivity contribution in [2.45, 2.75) is 38.5 Å². The van der Waals surface area contributed by atoms with Crippen molar-refractivity contribution in [2.75, 3.05) is 0 Å². The first-order valence-electron chi connectivity index (χ1n) is 12.5.